The van der Waals surface area contributed by atoms with Gasteiger partial charge in [0.05, 0.1) is 6.61 Å². The lowest BCUT2D eigenvalue weighted by atomic mass is 9.87. The fourth-order valence-corrected chi connectivity index (χ4v) is 3.33. The molecule has 130 valence electrons. The molecule has 1 aromatic carbocycles. The summed E-state index contributed by atoms with van der Waals surface area (Å²) in [4.78, 5) is 0. The second kappa shape index (κ2) is 9.97. The van der Waals surface area contributed by atoms with Crippen LogP contribution in [-0.4, -0.2) is 12.9 Å². The summed E-state index contributed by atoms with van der Waals surface area (Å²) in [5.41, 5.74) is 1.34. The Kier molecular flexibility index (Phi) is 7.94. The average molecular weight is 319 g/mol. The second-order valence-electron chi connectivity index (χ2n) is 7.34. The Morgan fingerprint density at radius 2 is 1.74 bits per heavy atom. The van der Waals surface area contributed by atoms with Crippen LogP contribution in [0.25, 0.3) is 0 Å². The maximum atomic E-state index is 6.09. The first-order chi connectivity index (χ1) is 11.2. The average Bonchev–Trinajstić information content (AvgIpc) is 2.56. The van der Waals surface area contributed by atoms with Crippen LogP contribution >= 0.6 is 0 Å². The van der Waals surface area contributed by atoms with Crippen LogP contribution in [0.15, 0.2) is 24.3 Å². The molecule has 1 aliphatic carbocycles. The van der Waals surface area contributed by atoms with E-state index in [4.69, 9.17) is 9.47 Å². The van der Waals surface area contributed by atoms with Crippen LogP contribution in [0.3, 0.4) is 0 Å². The Labute approximate surface area is 142 Å². The number of hydrogen-bond donors (Lipinski definition) is 0. The fourth-order valence-electron chi connectivity index (χ4n) is 3.33. The van der Waals surface area contributed by atoms with Gasteiger partial charge in [0.25, 0.3) is 0 Å². The highest BCUT2D eigenvalue weighted by Crippen LogP contribution is 2.26. The van der Waals surface area contributed by atoms with Crippen LogP contribution in [0.1, 0.15) is 71.3 Å². The summed E-state index contributed by atoms with van der Waals surface area (Å²) in [6.07, 6.45) is 10.1. The molecule has 0 spiro atoms. The molecular formula is C21H34O2. The maximum absolute atomic E-state index is 6.09. The zero-order chi connectivity index (χ0) is 16.5. The quantitative estimate of drug-likeness (QED) is 0.521. The molecule has 2 rings (SSSR count). The molecule has 23 heavy (non-hydrogen) atoms. The van der Waals surface area contributed by atoms with Crippen LogP contribution in [0.5, 0.6) is 5.75 Å². The maximum Gasteiger partial charge on any atom is 0.200 e. The van der Waals surface area contributed by atoms with E-state index >= 15 is 0 Å². The number of ether oxygens (including phenoxy) is 2. The smallest absolute Gasteiger partial charge is 0.200 e. The molecule has 2 heteroatoms. The highest BCUT2D eigenvalue weighted by molar-refractivity contribution is 5.27. The molecule has 2 nitrogen and oxygen atoms in total. The minimum atomic E-state index is -0.119. The third-order valence-electron chi connectivity index (χ3n) is 4.82. The Morgan fingerprint density at radius 1 is 1.04 bits per heavy atom. The van der Waals surface area contributed by atoms with Crippen molar-refractivity contribution in [3.63, 3.8) is 0 Å². The first-order valence-electron chi connectivity index (χ1n) is 9.54. The van der Waals surface area contributed by atoms with E-state index in [1.807, 2.05) is 0 Å². The van der Waals surface area contributed by atoms with Gasteiger partial charge in [-0.3, -0.25) is 0 Å². The van der Waals surface area contributed by atoms with Gasteiger partial charge in [-0.15, -0.1) is 0 Å². The second-order valence-corrected chi connectivity index (χ2v) is 7.34. The summed E-state index contributed by atoms with van der Waals surface area (Å²) in [5.74, 6) is 2.36. The highest BCUT2D eigenvalue weighted by Gasteiger charge is 2.17. The molecular weight excluding hydrogens is 284 g/mol. The molecule has 0 saturated heterocycles. The normalized spacial score (nSPS) is 17.4. The molecule has 1 unspecified atom stereocenters. The lowest BCUT2D eigenvalue weighted by Gasteiger charge is -2.24. The number of aryl methyl sites for hydroxylation is 1. The molecule has 1 aliphatic rings. The van der Waals surface area contributed by atoms with E-state index in [9.17, 15) is 0 Å². The number of rotatable bonds is 9. The molecule has 0 aliphatic heterocycles. The van der Waals surface area contributed by atoms with Gasteiger partial charge in [0.1, 0.15) is 5.75 Å². The van der Waals surface area contributed by atoms with Gasteiger partial charge in [-0.1, -0.05) is 65.0 Å². The van der Waals surface area contributed by atoms with Crippen molar-refractivity contribution in [3.8, 4) is 5.75 Å². The minimum absolute atomic E-state index is 0.119. The van der Waals surface area contributed by atoms with Crippen LogP contribution in [-0.2, 0) is 11.2 Å². The van der Waals surface area contributed by atoms with Crippen LogP contribution in [0, 0.1) is 11.8 Å². The summed E-state index contributed by atoms with van der Waals surface area (Å²) >= 11 is 0. The van der Waals surface area contributed by atoms with Gasteiger partial charge in [0.15, 0.2) is 6.29 Å². The van der Waals surface area contributed by atoms with Crippen molar-refractivity contribution in [2.75, 3.05) is 6.61 Å². The van der Waals surface area contributed by atoms with Crippen molar-refractivity contribution in [1.29, 1.82) is 0 Å². The van der Waals surface area contributed by atoms with Crippen LogP contribution in [0.4, 0.5) is 0 Å². The summed E-state index contributed by atoms with van der Waals surface area (Å²) in [5, 5.41) is 0. The first kappa shape index (κ1) is 18.3. The van der Waals surface area contributed by atoms with E-state index in [0.29, 0.717) is 5.92 Å². The predicted octanol–water partition coefficient (Wildman–Crippen LogP) is 5.99. The summed E-state index contributed by atoms with van der Waals surface area (Å²) in [7, 11) is 0. The molecule has 1 saturated carbocycles. The lowest BCUT2D eigenvalue weighted by Crippen LogP contribution is -2.24. The van der Waals surface area contributed by atoms with E-state index < -0.39 is 0 Å². The molecule has 0 aromatic heterocycles. The van der Waals surface area contributed by atoms with E-state index in [2.05, 4.69) is 45.0 Å². The van der Waals surface area contributed by atoms with E-state index in [0.717, 1.165) is 31.1 Å². The van der Waals surface area contributed by atoms with Crippen molar-refractivity contribution in [2.24, 2.45) is 11.8 Å². The monoisotopic (exact) mass is 318 g/mol. The van der Waals surface area contributed by atoms with Gasteiger partial charge in [-0.2, -0.15) is 0 Å². The standard InChI is InChI=1S/C21H34O2/c1-4-18-10-12-20(13-11-18)23-21(16-17(2)3)22-15-14-19-8-6-5-7-9-19/h10-13,17,19,21H,4-9,14-16H2,1-3H3. The van der Waals surface area contributed by atoms with Gasteiger partial charge >= 0.3 is 0 Å². The topological polar surface area (TPSA) is 18.5 Å². The molecule has 0 radical (unpaired) electrons. The van der Waals surface area contributed by atoms with Crippen molar-refractivity contribution < 1.29 is 9.47 Å². The number of benzene rings is 1. The Hall–Kier alpha value is -1.02. The fraction of sp³-hybridized carbons (Fsp3) is 0.714. The Balaban J connectivity index is 1.80. The number of hydrogen-bond acceptors (Lipinski definition) is 2. The van der Waals surface area contributed by atoms with Gasteiger partial charge in [-0.25, -0.2) is 0 Å². The Bertz CT molecular complexity index is 418. The van der Waals surface area contributed by atoms with Crippen molar-refractivity contribution in [1.82, 2.24) is 0 Å². The molecule has 1 fully saturated rings. The summed E-state index contributed by atoms with van der Waals surface area (Å²) in [6, 6.07) is 8.42. The highest BCUT2D eigenvalue weighted by atomic mass is 16.7. The van der Waals surface area contributed by atoms with Crippen molar-refractivity contribution >= 4 is 0 Å². The molecule has 0 amide bonds. The molecule has 1 aromatic rings. The largest absolute Gasteiger partial charge is 0.465 e. The third-order valence-corrected chi connectivity index (χ3v) is 4.82. The third kappa shape index (κ3) is 6.95. The van der Waals surface area contributed by atoms with Gasteiger partial charge in [-0.05, 0) is 42.4 Å². The molecule has 0 heterocycles. The lowest BCUT2D eigenvalue weighted by molar-refractivity contribution is -0.0944. The zero-order valence-electron chi connectivity index (χ0n) is 15.2. The molecule has 0 bridgehead atoms. The van der Waals surface area contributed by atoms with Crippen LogP contribution in [0.2, 0.25) is 0 Å². The van der Waals surface area contributed by atoms with Crippen molar-refractivity contribution in [2.45, 2.75) is 78.4 Å². The van der Waals surface area contributed by atoms with Gasteiger partial charge in [0.2, 0.25) is 0 Å². The Morgan fingerprint density at radius 3 is 2.35 bits per heavy atom. The van der Waals surface area contributed by atoms with Crippen LogP contribution < -0.4 is 4.74 Å². The SMILES string of the molecule is CCc1ccc(OC(CC(C)C)OCCC2CCCCC2)cc1. The van der Waals surface area contributed by atoms with Gasteiger partial charge < -0.3 is 9.47 Å². The molecule has 1 atom stereocenters. The summed E-state index contributed by atoms with van der Waals surface area (Å²) in [6.45, 7) is 7.45. The van der Waals surface area contributed by atoms with Crippen molar-refractivity contribution in [3.05, 3.63) is 29.8 Å². The van der Waals surface area contributed by atoms with E-state index in [-0.39, 0.29) is 6.29 Å². The van der Waals surface area contributed by atoms with E-state index in [1.54, 1.807) is 0 Å². The van der Waals surface area contributed by atoms with Gasteiger partial charge in [0, 0.05) is 6.42 Å². The molecule has 0 N–H and O–H groups in total. The minimum Gasteiger partial charge on any atom is -0.465 e. The summed E-state index contributed by atoms with van der Waals surface area (Å²) < 4.78 is 12.2. The van der Waals surface area contributed by atoms with E-state index in [1.165, 1.54) is 44.1 Å². The zero-order valence-corrected chi connectivity index (χ0v) is 15.2. The first-order valence-corrected chi connectivity index (χ1v) is 9.54. The predicted molar refractivity (Wildman–Crippen MR) is 96.8 cm³/mol.